The predicted octanol–water partition coefficient (Wildman–Crippen LogP) is 10.3. The lowest BCUT2D eigenvalue weighted by molar-refractivity contribution is -0.302. The summed E-state index contributed by atoms with van der Waals surface area (Å²) in [6.07, 6.45) is 39.3. The summed E-state index contributed by atoms with van der Waals surface area (Å²) in [7, 11) is 0. The molecule has 57 heavy (non-hydrogen) atoms. The third-order valence-electron chi connectivity index (χ3n) is 11.5. The number of ether oxygens (including phenoxy) is 2. The Hall–Kier alpha value is -1.33. The molecule has 9 heteroatoms. The highest BCUT2D eigenvalue weighted by Gasteiger charge is 2.44. The molecule has 9 nitrogen and oxygen atoms in total. The van der Waals surface area contributed by atoms with Gasteiger partial charge in [-0.25, -0.2) is 0 Å². The normalized spacial score (nSPS) is 21.1. The average molecular weight is 810 g/mol. The van der Waals surface area contributed by atoms with E-state index in [1.165, 1.54) is 161 Å². The number of carbonyl (C=O) groups is 1. The number of nitrogens with one attached hydrogen (secondary N) is 1. The lowest BCUT2D eigenvalue weighted by Gasteiger charge is -2.40. The van der Waals surface area contributed by atoms with E-state index in [1.54, 1.807) is 6.08 Å². The van der Waals surface area contributed by atoms with Crippen molar-refractivity contribution in [2.24, 2.45) is 0 Å². The molecule has 1 rings (SSSR count). The zero-order valence-corrected chi connectivity index (χ0v) is 36.9. The first-order chi connectivity index (χ1) is 27.8. The van der Waals surface area contributed by atoms with Crippen LogP contribution in [-0.2, 0) is 14.3 Å². The number of aliphatic hydroxyl groups is 5. The summed E-state index contributed by atoms with van der Waals surface area (Å²) in [6.45, 7) is 3.77. The van der Waals surface area contributed by atoms with E-state index in [-0.39, 0.29) is 12.5 Å². The van der Waals surface area contributed by atoms with Crippen LogP contribution in [0.5, 0.6) is 0 Å². The minimum absolute atomic E-state index is 0.177. The van der Waals surface area contributed by atoms with Gasteiger partial charge in [0.05, 0.1) is 25.4 Å². The van der Waals surface area contributed by atoms with Crippen LogP contribution in [0.2, 0.25) is 0 Å². The minimum Gasteiger partial charge on any atom is -0.394 e. The topological polar surface area (TPSA) is 149 Å². The molecule has 336 valence electrons. The molecule has 7 atom stereocenters. The van der Waals surface area contributed by atoms with Crippen LogP contribution in [-0.4, -0.2) is 87.5 Å². The molecule has 1 heterocycles. The Labute approximate surface area is 349 Å². The van der Waals surface area contributed by atoms with E-state index in [2.05, 4.69) is 31.3 Å². The van der Waals surface area contributed by atoms with Crippen LogP contribution in [0.1, 0.15) is 219 Å². The largest absolute Gasteiger partial charge is 0.394 e. The molecule has 1 aliphatic heterocycles. The van der Waals surface area contributed by atoms with Gasteiger partial charge in [0.15, 0.2) is 6.29 Å². The van der Waals surface area contributed by atoms with Crippen LogP contribution >= 0.6 is 0 Å². The molecule has 1 amide bonds. The molecule has 0 aromatic heterocycles. The van der Waals surface area contributed by atoms with Gasteiger partial charge in [0.1, 0.15) is 24.4 Å². The van der Waals surface area contributed by atoms with E-state index in [0.29, 0.717) is 6.42 Å². The van der Waals surface area contributed by atoms with Gasteiger partial charge in [-0.1, -0.05) is 192 Å². The van der Waals surface area contributed by atoms with Crippen molar-refractivity contribution in [1.82, 2.24) is 5.32 Å². The number of rotatable bonds is 40. The lowest BCUT2D eigenvalue weighted by atomic mass is 9.99. The SMILES string of the molecule is CCCCCCCC/C=C/CCCCCCCCCCCCCC(=O)N[C@@H](CO[C@@H]1O[C@H](CO)[C@H](O)[C@H](O)[C@H]1O)[C@H](O)/C=C/CCCCCCCCCCCCC. The number of hydrogen-bond acceptors (Lipinski definition) is 8. The highest BCUT2D eigenvalue weighted by Crippen LogP contribution is 2.23. The first-order valence-corrected chi connectivity index (χ1v) is 24.1. The first kappa shape index (κ1) is 53.7. The van der Waals surface area contributed by atoms with Crippen LogP contribution in [0.3, 0.4) is 0 Å². The van der Waals surface area contributed by atoms with Gasteiger partial charge in [0.25, 0.3) is 0 Å². The second kappa shape index (κ2) is 38.8. The second-order valence-electron chi connectivity index (χ2n) is 16.9. The lowest BCUT2D eigenvalue weighted by Crippen LogP contribution is -2.60. The van der Waals surface area contributed by atoms with Gasteiger partial charge >= 0.3 is 0 Å². The molecular weight excluding hydrogens is 719 g/mol. The molecule has 0 aromatic rings. The zero-order valence-electron chi connectivity index (χ0n) is 36.9. The molecule has 0 bridgehead atoms. The standard InChI is InChI=1S/C48H91NO8/c1-3-5-7-9-11-13-15-17-18-19-20-21-22-23-24-26-28-30-32-34-36-38-44(52)49-41(40-56-48-47(55)46(54)45(53)43(39-50)57-48)42(51)37-35-33-31-29-27-25-16-14-12-10-8-6-4-2/h17-18,35,37,41-43,45-48,50-51,53-55H,3-16,19-34,36,38-40H2,1-2H3,(H,49,52)/b18-17+,37-35+/t41-,42+,43+,45-,46-,47+,48+/m0/s1. The predicted molar refractivity (Wildman–Crippen MR) is 235 cm³/mol. The van der Waals surface area contributed by atoms with Gasteiger partial charge in [-0.15, -0.1) is 0 Å². The van der Waals surface area contributed by atoms with Crippen LogP contribution in [0.4, 0.5) is 0 Å². The zero-order chi connectivity index (χ0) is 41.6. The van der Waals surface area contributed by atoms with E-state index < -0.39 is 49.5 Å². The maximum atomic E-state index is 13.0. The minimum atomic E-state index is -1.56. The summed E-state index contributed by atoms with van der Waals surface area (Å²) >= 11 is 0. The van der Waals surface area contributed by atoms with Crippen molar-refractivity contribution in [2.75, 3.05) is 13.2 Å². The van der Waals surface area contributed by atoms with Gasteiger partial charge < -0.3 is 40.3 Å². The van der Waals surface area contributed by atoms with Crippen molar-refractivity contribution < 1.29 is 39.8 Å². The molecule has 0 unspecified atom stereocenters. The highest BCUT2D eigenvalue weighted by atomic mass is 16.7. The Balaban J connectivity index is 2.29. The fraction of sp³-hybridized carbons (Fsp3) is 0.896. The van der Waals surface area contributed by atoms with Crippen molar-refractivity contribution in [3.8, 4) is 0 Å². The van der Waals surface area contributed by atoms with Gasteiger partial charge in [-0.05, 0) is 44.9 Å². The summed E-state index contributed by atoms with van der Waals surface area (Å²) in [5.74, 6) is -0.177. The summed E-state index contributed by atoms with van der Waals surface area (Å²) in [6, 6.07) is -0.801. The van der Waals surface area contributed by atoms with Crippen molar-refractivity contribution >= 4 is 5.91 Å². The molecule has 0 spiro atoms. The quantitative estimate of drug-likeness (QED) is 0.0265. The smallest absolute Gasteiger partial charge is 0.220 e. The fourth-order valence-electron chi connectivity index (χ4n) is 7.62. The van der Waals surface area contributed by atoms with E-state index in [1.807, 2.05) is 6.08 Å². The van der Waals surface area contributed by atoms with Crippen LogP contribution in [0.25, 0.3) is 0 Å². The second-order valence-corrected chi connectivity index (χ2v) is 16.9. The van der Waals surface area contributed by atoms with Crippen LogP contribution in [0, 0.1) is 0 Å². The van der Waals surface area contributed by atoms with Gasteiger partial charge in [0.2, 0.25) is 5.91 Å². The molecule has 6 N–H and O–H groups in total. The molecule has 1 fully saturated rings. The molecule has 1 saturated heterocycles. The molecule has 0 aliphatic carbocycles. The third-order valence-corrected chi connectivity index (χ3v) is 11.5. The molecule has 0 radical (unpaired) electrons. The molecular formula is C48H91NO8. The van der Waals surface area contributed by atoms with E-state index in [9.17, 15) is 30.3 Å². The van der Waals surface area contributed by atoms with Gasteiger partial charge in [-0.2, -0.15) is 0 Å². The molecule has 0 aromatic carbocycles. The van der Waals surface area contributed by atoms with Crippen molar-refractivity contribution in [3.63, 3.8) is 0 Å². The summed E-state index contributed by atoms with van der Waals surface area (Å²) in [5.41, 5.74) is 0. The number of allylic oxidation sites excluding steroid dienone is 3. The Kier molecular flexibility index (Phi) is 36.6. The fourth-order valence-corrected chi connectivity index (χ4v) is 7.62. The summed E-state index contributed by atoms with van der Waals surface area (Å²) in [4.78, 5) is 13.0. The molecule has 0 saturated carbocycles. The number of carbonyl (C=O) groups excluding carboxylic acids is 1. The van der Waals surface area contributed by atoms with Gasteiger partial charge in [-0.3, -0.25) is 4.79 Å². The van der Waals surface area contributed by atoms with Crippen molar-refractivity contribution in [1.29, 1.82) is 0 Å². The summed E-state index contributed by atoms with van der Waals surface area (Å²) in [5, 5.41) is 54.2. The highest BCUT2D eigenvalue weighted by molar-refractivity contribution is 5.76. The Bertz CT molecular complexity index is 945. The summed E-state index contributed by atoms with van der Waals surface area (Å²) < 4.78 is 11.2. The van der Waals surface area contributed by atoms with E-state index >= 15 is 0 Å². The van der Waals surface area contributed by atoms with E-state index in [4.69, 9.17) is 9.47 Å². The molecule has 1 aliphatic rings. The van der Waals surface area contributed by atoms with Crippen molar-refractivity contribution in [2.45, 2.75) is 262 Å². The Morgan fingerprint density at radius 3 is 1.42 bits per heavy atom. The number of amides is 1. The monoisotopic (exact) mass is 810 g/mol. The maximum absolute atomic E-state index is 13.0. The Morgan fingerprint density at radius 2 is 0.982 bits per heavy atom. The van der Waals surface area contributed by atoms with Gasteiger partial charge in [0, 0.05) is 6.42 Å². The number of aliphatic hydroxyl groups excluding tert-OH is 5. The number of unbranched alkanes of at least 4 members (excludes halogenated alkanes) is 28. The van der Waals surface area contributed by atoms with Crippen LogP contribution < -0.4 is 5.32 Å². The number of hydrogen-bond donors (Lipinski definition) is 6. The van der Waals surface area contributed by atoms with E-state index in [0.717, 1.165) is 38.5 Å². The van der Waals surface area contributed by atoms with Crippen molar-refractivity contribution in [3.05, 3.63) is 24.3 Å². The maximum Gasteiger partial charge on any atom is 0.220 e. The average Bonchev–Trinajstić information content (AvgIpc) is 3.21. The first-order valence-electron chi connectivity index (χ1n) is 24.1. The third kappa shape index (κ3) is 29.5. The Morgan fingerprint density at radius 1 is 0.579 bits per heavy atom. The van der Waals surface area contributed by atoms with Crippen LogP contribution in [0.15, 0.2) is 24.3 Å².